The Labute approximate surface area is 167 Å². The number of carbonyl (C=O) groups excluding carboxylic acids is 1. The van der Waals surface area contributed by atoms with Gasteiger partial charge in [0.05, 0.1) is 0 Å². The molecule has 2 aromatic rings. The molecule has 0 aliphatic carbocycles. The molecule has 2 heterocycles. The van der Waals surface area contributed by atoms with Crippen LogP contribution in [0.15, 0.2) is 28.8 Å². The number of hydrogen-bond acceptors (Lipinski definition) is 5. The van der Waals surface area contributed by atoms with E-state index in [1.54, 1.807) is 0 Å². The summed E-state index contributed by atoms with van der Waals surface area (Å²) >= 11 is 0. The zero-order valence-electron chi connectivity index (χ0n) is 16.5. The molecule has 148 valence electrons. The number of halogens is 1. The van der Waals surface area contributed by atoms with Crippen LogP contribution < -0.4 is 5.32 Å². The van der Waals surface area contributed by atoms with Crippen LogP contribution in [0.25, 0.3) is 11.4 Å². The zero-order valence-corrected chi connectivity index (χ0v) is 17.3. The maximum absolute atomic E-state index is 12.7. The molecule has 1 N–H and O–H groups in total. The predicted molar refractivity (Wildman–Crippen MR) is 108 cm³/mol. The lowest BCUT2D eigenvalue weighted by molar-refractivity contribution is 0.0698. The fourth-order valence-electron chi connectivity index (χ4n) is 3.24. The summed E-state index contributed by atoms with van der Waals surface area (Å²) in [6, 6.07) is 7.85. The Morgan fingerprint density at radius 2 is 2.00 bits per heavy atom. The van der Waals surface area contributed by atoms with Gasteiger partial charge in [0.25, 0.3) is 5.91 Å². The van der Waals surface area contributed by atoms with Crippen LogP contribution in [0.1, 0.15) is 49.9 Å². The van der Waals surface area contributed by atoms with Gasteiger partial charge < -0.3 is 14.7 Å². The first kappa shape index (κ1) is 21.4. The van der Waals surface area contributed by atoms with Crippen molar-refractivity contribution in [2.24, 2.45) is 5.41 Å². The molecule has 7 heteroatoms. The number of likely N-dealkylation sites (tertiary alicyclic amines) is 1. The van der Waals surface area contributed by atoms with Gasteiger partial charge in [-0.2, -0.15) is 4.98 Å². The van der Waals surface area contributed by atoms with Crippen molar-refractivity contribution in [3.8, 4) is 11.4 Å². The summed E-state index contributed by atoms with van der Waals surface area (Å²) in [4.78, 5) is 19.1. The lowest BCUT2D eigenvalue weighted by Gasteiger charge is -2.32. The highest BCUT2D eigenvalue weighted by Crippen LogP contribution is 2.23. The molecule has 1 aliphatic rings. The largest absolute Gasteiger partial charge is 0.339 e. The van der Waals surface area contributed by atoms with Crippen molar-refractivity contribution in [3.05, 3.63) is 35.7 Å². The average Bonchev–Trinajstić information content (AvgIpc) is 3.08. The molecule has 27 heavy (non-hydrogen) atoms. The predicted octanol–water partition coefficient (Wildman–Crippen LogP) is 3.57. The molecule has 1 unspecified atom stereocenters. The number of rotatable bonds is 4. The van der Waals surface area contributed by atoms with Crippen LogP contribution in [-0.4, -0.2) is 47.1 Å². The zero-order chi connectivity index (χ0) is 18.7. The summed E-state index contributed by atoms with van der Waals surface area (Å²) in [5.41, 5.74) is 1.65. The van der Waals surface area contributed by atoms with E-state index >= 15 is 0 Å². The summed E-state index contributed by atoms with van der Waals surface area (Å²) in [5, 5.41) is 7.33. The van der Waals surface area contributed by atoms with E-state index in [0.29, 0.717) is 23.3 Å². The molecule has 1 aromatic heterocycles. The number of aromatic nitrogens is 2. The number of amides is 1. The lowest BCUT2D eigenvalue weighted by Crippen LogP contribution is -2.46. The monoisotopic (exact) mass is 392 g/mol. The highest BCUT2D eigenvalue weighted by Gasteiger charge is 2.23. The number of likely N-dealkylation sites (N-methyl/N-ethyl adjacent to an activating group) is 1. The van der Waals surface area contributed by atoms with Crippen molar-refractivity contribution in [1.29, 1.82) is 0 Å². The van der Waals surface area contributed by atoms with E-state index in [9.17, 15) is 4.79 Å². The first-order chi connectivity index (χ1) is 12.4. The van der Waals surface area contributed by atoms with Crippen LogP contribution in [0.2, 0.25) is 0 Å². The van der Waals surface area contributed by atoms with Crippen LogP contribution in [0.3, 0.4) is 0 Å². The van der Waals surface area contributed by atoms with Gasteiger partial charge in [0.15, 0.2) is 0 Å². The number of piperidine rings is 1. The Hall–Kier alpha value is -1.92. The van der Waals surface area contributed by atoms with Crippen LogP contribution in [-0.2, 0) is 6.42 Å². The average molecular weight is 393 g/mol. The maximum Gasteiger partial charge on any atom is 0.253 e. The van der Waals surface area contributed by atoms with Crippen LogP contribution in [0, 0.1) is 5.41 Å². The van der Waals surface area contributed by atoms with E-state index in [4.69, 9.17) is 4.52 Å². The highest BCUT2D eigenvalue weighted by atomic mass is 35.5. The molecule has 0 bridgehead atoms. The molecule has 1 aliphatic heterocycles. The fraction of sp³-hybridized carbons (Fsp3) is 0.550. The molecule has 1 fully saturated rings. The molecule has 0 radical (unpaired) electrons. The van der Waals surface area contributed by atoms with E-state index in [0.717, 1.165) is 37.9 Å². The van der Waals surface area contributed by atoms with E-state index < -0.39 is 0 Å². The van der Waals surface area contributed by atoms with Gasteiger partial charge in [-0.25, -0.2) is 0 Å². The number of carbonyl (C=O) groups is 1. The van der Waals surface area contributed by atoms with E-state index in [1.807, 2.05) is 36.2 Å². The topological polar surface area (TPSA) is 71.3 Å². The molecule has 3 rings (SSSR count). The van der Waals surface area contributed by atoms with Gasteiger partial charge >= 0.3 is 0 Å². The molecule has 6 nitrogen and oxygen atoms in total. The Bertz CT molecular complexity index is 752. The third-order valence-electron chi connectivity index (χ3n) is 4.66. The smallest absolute Gasteiger partial charge is 0.253 e. The molecule has 0 saturated carbocycles. The van der Waals surface area contributed by atoms with Gasteiger partial charge in [-0.1, -0.05) is 38.1 Å². The van der Waals surface area contributed by atoms with E-state index in [-0.39, 0.29) is 23.7 Å². The van der Waals surface area contributed by atoms with Crippen molar-refractivity contribution in [2.45, 2.75) is 46.1 Å². The Morgan fingerprint density at radius 1 is 1.30 bits per heavy atom. The fourth-order valence-corrected chi connectivity index (χ4v) is 3.24. The number of hydrogen-bond donors (Lipinski definition) is 1. The molecule has 1 aromatic carbocycles. The summed E-state index contributed by atoms with van der Waals surface area (Å²) in [7, 11) is 1.95. The third kappa shape index (κ3) is 5.53. The van der Waals surface area contributed by atoms with Gasteiger partial charge in [0.1, 0.15) is 0 Å². The van der Waals surface area contributed by atoms with Gasteiger partial charge in [0.2, 0.25) is 11.7 Å². The van der Waals surface area contributed by atoms with Crippen molar-refractivity contribution in [3.63, 3.8) is 0 Å². The minimum absolute atomic E-state index is 0. The normalized spacial score (nSPS) is 17.5. The van der Waals surface area contributed by atoms with Crippen LogP contribution in [0.5, 0.6) is 0 Å². The SMILES string of the molecule is CNC1CCCN(C(=O)c2ccc(-c3noc(CC(C)(C)C)n3)cc2)C1.Cl. The summed E-state index contributed by atoms with van der Waals surface area (Å²) in [5.74, 6) is 1.29. The second-order valence-corrected chi connectivity index (χ2v) is 8.21. The third-order valence-corrected chi connectivity index (χ3v) is 4.66. The standard InChI is InChI=1S/C20H28N4O2.ClH/c1-20(2,3)12-17-22-18(23-26-17)14-7-9-15(10-8-14)19(25)24-11-5-6-16(13-24)21-4;/h7-10,16,21H,5-6,11-13H2,1-4H3;1H. The van der Waals surface area contributed by atoms with Crippen molar-refractivity contribution >= 4 is 18.3 Å². The minimum Gasteiger partial charge on any atom is -0.339 e. The van der Waals surface area contributed by atoms with Crippen molar-refractivity contribution in [1.82, 2.24) is 20.4 Å². The molecule has 1 atom stereocenters. The Balaban J connectivity index is 0.00000261. The summed E-state index contributed by atoms with van der Waals surface area (Å²) in [6.07, 6.45) is 2.89. The van der Waals surface area contributed by atoms with E-state index in [2.05, 4.69) is 36.2 Å². The molecule has 1 saturated heterocycles. The number of benzene rings is 1. The molecular formula is C20H29ClN4O2. The molecule has 0 spiro atoms. The number of nitrogens with one attached hydrogen (secondary N) is 1. The quantitative estimate of drug-likeness (QED) is 0.861. The Kier molecular flexibility index (Phi) is 7.00. The van der Waals surface area contributed by atoms with Crippen molar-refractivity contribution in [2.75, 3.05) is 20.1 Å². The molecular weight excluding hydrogens is 364 g/mol. The van der Waals surface area contributed by atoms with Gasteiger partial charge in [-0.05, 0) is 37.4 Å². The van der Waals surface area contributed by atoms with Gasteiger partial charge in [-0.3, -0.25) is 4.79 Å². The van der Waals surface area contributed by atoms with Gasteiger partial charge in [0, 0.05) is 36.7 Å². The van der Waals surface area contributed by atoms with Gasteiger partial charge in [-0.15, -0.1) is 12.4 Å². The molecule has 1 amide bonds. The highest BCUT2D eigenvalue weighted by molar-refractivity contribution is 5.94. The van der Waals surface area contributed by atoms with Crippen LogP contribution >= 0.6 is 12.4 Å². The van der Waals surface area contributed by atoms with Crippen molar-refractivity contribution < 1.29 is 9.32 Å². The lowest BCUT2D eigenvalue weighted by atomic mass is 9.92. The van der Waals surface area contributed by atoms with Crippen LogP contribution in [0.4, 0.5) is 0 Å². The van der Waals surface area contributed by atoms with E-state index in [1.165, 1.54) is 0 Å². The maximum atomic E-state index is 12.7. The summed E-state index contributed by atoms with van der Waals surface area (Å²) in [6.45, 7) is 7.99. The first-order valence-corrected chi connectivity index (χ1v) is 9.25. The number of nitrogens with zero attached hydrogens (tertiary/aromatic N) is 3. The Morgan fingerprint density at radius 3 is 2.63 bits per heavy atom. The second kappa shape index (κ2) is 8.85. The summed E-state index contributed by atoms with van der Waals surface area (Å²) < 4.78 is 5.35. The first-order valence-electron chi connectivity index (χ1n) is 9.25. The second-order valence-electron chi connectivity index (χ2n) is 8.21. The minimum atomic E-state index is 0.